The normalized spacial score (nSPS) is 13.0. The fourth-order valence-corrected chi connectivity index (χ4v) is 3.38. The number of halogens is 3. The van der Waals surface area contributed by atoms with Crippen LogP contribution >= 0.6 is 0 Å². The van der Waals surface area contributed by atoms with Crippen LogP contribution in [0.3, 0.4) is 0 Å². The maximum absolute atomic E-state index is 13.1. The van der Waals surface area contributed by atoms with E-state index in [2.05, 4.69) is 10.6 Å². The first-order chi connectivity index (χ1) is 13.4. The van der Waals surface area contributed by atoms with E-state index in [4.69, 9.17) is 0 Å². The molecule has 0 aliphatic carbocycles. The van der Waals surface area contributed by atoms with Gasteiger partial charge in [-0.3, -0.25) is 4.79 Å². The van der Waals surface area contributed by atoms with Gasteiger partial charge in [0.1, 0.15) is 0 Å². The van der Waals surface area contributed by atoms with Crippen LogP contribution in [0, 0.1) is 0 Å². The minimum atomic E-state index is -4.44. The van der Waals surface area contributed by atoms with E-state index in [0.717, 1.165) is 36.3 Å². The molecule has 0 bridgehead atoms. The number of hydrogen-bond donors (Lipinski definition) is 2. The summed E-state index contributed by atoms with van der Waals surface area (Å²) in [5.41, 5.74) is 3.22. The third-order valence-electron chi connectivity index (χ3n) is 4.75. The van der Waals surface area contributed by atoms with Crippen molar-refractivity contribution in [2.24, 2.45) is 0 Å². The second-order valence-electron chi connectivity index (χ2n) is 6.63. The quantitative estimate of drug-likeness (QED) is 0.620. The molecule has 1 aliphatic rings. The molecular weight excluding hydrogens is 365 g/mol. The number of alkyl halides is 3. The minimum absolute atomic E-state index is 0.320. The van der Waals surface area contributed by atoms with Gasteiger partial charge >= 0.3 is 6.18 Å². The zero-order chi connectivity index (χ0) is 19.7. The second kappa shape index (κ2) is 7.03. The van der Waals surface area contributed by atoms with E-state index in [9.17, 15) is 18.0 Å². The van der Waals surface area contributed by atoms with Crippen LogP contribution < -0.4 is 10.6 Å². The summed E-state index contributed by atoms with van der Waals surface area (Å²) < 4.78 is 39.2. The standard InChI is InChI=1S/C22H17F3N2O/c23-22(24,25)16-5-3-4-14(12-16)18-6-1-2-7-19(18)21(28)27-17-8-9-20-15(13-17)10-11-26-20/h1-9,12-13,26H,10-11H2,(H,27,28). The number of carbonyl (C=O) groups excluding carboxylic acids is 1. The number of fused-ring (bicyclic) bond motifs is 1. The predicted octanol–water partition coefficient (Wildman–Crippen LogP) is 5.59. The Balaban J connectivity index is 1.65. The first kappa shape index (κ1) is 18.1. The van der Waals surface area contributed by atoms with Crippen molar-refractivity contribution in [1.29, 1.82) is 0 Å². The Kier molecular flexibility index (Phi) is 4.55. The molecule has 4 rings (SSSR count). The van der Waals surface area contributed by atoms with Crippen molar-refractivity contribution in [3.05, 3.63) is 83.4 Å². The fraction of sp³-hybridized carbons (Fsp3) is 0.136. The number of benzene rings is 3. The van der Waals surface area contributed by atoms with Gasteiger partial charge in [-0.1, -0.05) is 30.3 Å². The zero-order valence-corrected chi connectivity index (χ0v) is 14.8. The van der Waals surface area contributed by atoms with E-state index in [0.29, 0.717) is 22.4 Å². The highest BCUT2D eigenvalue weighted by Gasteiger charge is 2.30. The molecule has 142 valence electrons. The van der Waals surface area contributed by atoms with Crippen LogP contribution in [0.25, 0.3) is 11.1 Å². The lowest BCUT2D eigenvalue weighted by molar-refractivity contribution is -0.137. The molecule has 3 aromatic carbocycles. The molecule has 3 aromatic rings. The SMILES string of the molecule is O=C(Nc1ccc2c(c1)CCN2)c1ccccc1-c1cccc(C(F)(F)F)c1. The summed E-state index contributed by atoms with van der Waals surface area (Å²) in [4.78, 5) is 12.8. The van der Waals surface area contributed by atoms with Crippen molar-refractivity contribution in [2.75, 3.05) is 17.2 Å². The largest absolute Gasteiger partial charge is 0.416 e. The molecule has 0 saturated heterocycles. The van der Waals surface area contributed by atoms with Crippen molar-refractivity contribution < 1.29 is 18.0 Å². The smallest absolute Gasteiger partial charge is 0.384 e. The van der Waals surface area contributed by atoms with Crippen LogP contribution in [-0.2, 0) is 12.6 Å². The topological polar surface area (TPSA) is 41.1 Å². The molecule has 0 saturated carbocycles. The fourth-order valence-electron chi connectivity index (χ4n) is 3.38. The lowest BCUT2D eigenvalue weighted by atomic mass is 9.97. The lowest BCUT2D eigenvalue weighted by Crippen LogP contribution is -2.13. The average molecular weight is 382 g/mol. The Morgan fingerprint density at radius 2 is 1.79 bits per heavy atom. The first-order valence-corrected chi connectivity index (χ1v) is 8.86. The molecular formula is C22H17F3N2O. The van der Waals surface area contributed by atoms with E-state index in [1.807, 2.05) is 18.2 Å². The van der Waals surface area contributed by atoms with Gasteiger partial charge in [0, 0.05) is 23.5 Å². The highest BCUT2D eigenvalue weighted by Crippen LogP contribution is 2.33. The van der Waals surface area contributed by atoms with E-state index < -0.39 is 11.7 Å². The summed E-state index contributed by atoms with van der Waals surface area (Å²) >= 11 is 0. The van der Waals surface area contributed by atoms with Crippen LogP contribution in [0.1, 0.15) is 21.5 Å². The number of rotatable bonds is 3. The molecule has 0 unspecified atom stereocenters. The van der Waals surface area contributed by atoms with Gasteiger partial charge in [0.15, 0.2) is 0 Å². The molecule has 1 heterocycles. The molecule has 2 N–H and O–H groups in total. The molecule has 0 spiro atoms. The molecule has 1 aliphatic heterocycles. The van der Waals surface area contributed by atoms with Crippen molar-refractivity contribution in [3.8, 4) is 11.1 Å². The van der Waals surface area contributed by atoms with Gasteiger partial charge in [0.2, 0.25) is 0 Å². The van der Waals surface area contributed by atoms with Crippen molar-refractivity contribution >= 4 is 17.3 Å². The summed E-state index contributed by atoms with van der Waals surface area (Å²) in [7, 11) is 0. The van der Waals surface area contributed by atoms with Crippen molar-refractivity contribution in [1.82, 2.24) is 0 Å². The molecule has 0 aromatic heterocycles. The Morgan fingerprint density at radius 1 is 0.964 bits per heavy atom. The van der Waals surface area contributed by atoms with Crippen LogP contribution in [0.5, 0.6) is 0 Å². The third kappa shape index (κ3) is 3.58. The molecule has 0 atom stereocenters. The minimum Gasteiger partial charge on any atom is -0.384 e. The number of anilines is 2. The predicted molar refractivity (Wildman–Crippen MR) is 103 cm³/mol. The summed E-state index contributed by atoms with van der Waals surface area (Å²) in [5.74, 6) is -0.362. The zero-order valence-electron chi connectivity index (χ0n) is 14.8. The van der Waals surface area contributed by atoms with Crippen LogP contribution in [0.4, 0.5) is 24.5 Å². The van der Waals surface area contributed by atoms with E-state index >= 15 is 0 Å². The summed E-state index contributed by atoms with van der Waals surface area (Å²) in [5, 5.41) is 6.11. The Labute approximate surface area is 160 Å². The van der Waals surface area contributed by atoms with Gasteiger partial charge in [-0.15, -0.1) is 0 Å². The van der Waals surface area contributed by atoms with Gasteiger partial charge in [-0.25, -0.2) is 0 Å². The highest BCUT2D eigenvalue weighted by molar-refractivity contribution is 6.08. The molecule has 28 heavy (non-hydrogen) atoms. The summed E-state index contributed by atoms with van der Waals surface area (Å²) in [6, 6.07) is 17.3. The highest BCUT2D eigenvalue weighted by atomic mass is 19.4. The number of nitrogens with one attached hydrogen (secondary N) is 2. The number of amides is 1. The van der Waals surface area contributed by atoms with E-state index in [1.165, 1.54) is 6.07 Å². The van der Waals surface area contributed by atoms with Crippen molar-refractivity contribution in [2.45, 2.75) is 12.6 Å². The van der Waals surface area contributed by atoms with Crippen molar-refractivity contribution in [3.63, 3.8) is 0 Å². The number of hydrogen-bond acceptors (Lipinski definition) is 2. The number of carbonyl (C=O) groups is 1. The van der Waals surface area contributed by atoms with Gasteiger partial charge < -0.3 is 10.6 Å². The summed E-state index contributed by atoms with van der Waals surface area (Å²) in [6.07, 6.45) is -3.55. The third-order valence-corrected chi connectivity index (χ3v) is 4.75. The Bertz CT molecular complexity index is 1040. The monoisotopic (exact) mass is 382 g/mol. The molecule has 0 radical (unpaired) electrons. The van der Waals surface area contributed by atoms with Gasteiger partial charge in [-0.2, -0.15) is 13.2 Å². The lowest BCUT2D eigenvalue weighted by Gasteiger charge is -2.13. The maximum atomic E-state index is 13.1. The van der Waals surface area contributed by atoms with Gasteiger partial charge in [-0.05, 0) is 59.5 Å². The summed E-state index contributed by atoms with van der Waals surface area (Å²) in [6.45, 7) is 0.866. The molecule has 6 heteroatoms. The Morgan fingerprint density at radius 3 is 2.61 bits per heavy atom. The maximum Gasteiger partial charge on any atom is 0.416 e. The molecule has 1 amide bonds. The van der Waals surface area contributed by atoms with Crippen LogP contribution in [-0.4, -0.2) is 12.5 Å². The van der Waals surface area contributed by atoms with Crippen LogP contribution in [0.2, 0.25) is 0 Å². The van der Waals surface area contributed by atoms with Crippen LogP contribution in [0.15, 0.2) is 66.7 Å². The van der Waals surface area contributed by atoms with E-state index in [-0.39, 0.29) is 5.91 Å². The first-order valence-electron chi connectivity index (χ1n) is 8.86. The van der Waals surface area contributed by atoms with Gasteiger partial charge in [0.25, 0.3) is 5.91 Å². The van der Waals surface area contributed by atoms with Gasteiger partial charge in [0.05, 0.1) is 5.56 Å². The Hall–Kier alpha value is -3.28. The van der Waals surface area contributed by atoms with E-state index in [1.54, 1.807) is 30.3 Å². The molecule has 0 fully saturated rings. The molecule has 3 nitrogen and oxygen atoms in total. The second-order valence-corrected chi connectivity index (χ2v) is 6.63. The average Bonchev–Trinajstić information content (AvgIpc) is 3.15.